The van der Waals surface area contributed by atoms with E-state index in [1.54, 1.807) is 17.7 Å². The van der Waals surface area contributed by atoms with Crippen LogP contribution in [0.25, 0.3) is 0 Å². The van der Waals surface area contributed by atoms with Gasteiger partial charge in [0.25, 0.3) is 0 Å². The number of nitrogens with zero attached hydrogens (tertiary/aromatic N) is 2. The van der Waals surface area contributed by atoms with Crippen molar-refractivity contribution in [2.45, 2.75) is 19.9 Å². The first kappa shape index (κ1) is 9.46. The number of nitriles is 1. The van der Waals surface area contributed by atoms with Gasteiger partial charge in [-0.3, -0.25) is 0 Å². The maximum atomic E-state index is 8.80. The minimum Gasteiger partial charge on any atom is -0.481 e. The number of methoxy groups -OCH3 is 1. The lowest BCUT2D eigenvalue weighted by atomic mass is 10.4. The van der Waals surface area contributed by atoms with E-state index in [1.165, 1.54) is 0 Å². The molecule has 13 heavy (non-hydrogen) atoms. The lowest BCUT2D eigenvalue weighted by molar-refractivity contribution is 0.373. The summed E-state index contributed by atoms with van der Waals surface area (Å²) in [5, 5.41) is 8.80. The number of nitrogen functional groups attached to an aromatic ring is 1. The largest absolute Gasteiger partial charge is 0.481 e. The van der Waals surface area contributed by atoms with E-state index in [0.29, 0.717) is 17.3 Å². The van der Waals surface area contributed by atoms with E-state index < -0.39 is 0 Å². The summed E-state index contributed by atoms with van der Waals surface area (Å²) in [6, 6.07) is 3.71. The Morgan fingerprint density at radius 1 is 1.69 bits per heavy atom. The molecule has 0 bridgehead atoms. The maximum absolute atomic E-state index is 8.80. The Bertz CT molecular complexity index is 335. The van der Waals surface area contributed by atoms with Gasteiger partial charge in [0.15, 0.2) is 0 Å². The van der Waals surface area contributed by atoms with Gasteiger partial charge in [-0.2, -0.15) is 5.26 Å². The van der Waals surface area contributed by atoms with Crippen molar-refractivity contribution < 1.29 is 4.74 Å². The first-order chi connectivity index (χ1) is 6.24. The Morgan fingerprint density at radius 3 is 2.85 bits per heavy atom. The molecule has 4 nitrogen and oxygen atoms in total. The molecule has 0 saturated heterocycles. The number of anilines is 1. The first-order valence-electron chi connectivity index (χ1n) is 4.17. The molecule has 2 N–H and O–H groups in total. The molecule has 1 aromatic heterocycles. The molecule has 0 radical (unpaired) electrons. The van der Waals surface area contributed by atoms with Gasteiger partial charge in [0.2, 0.25) is 5.88 Å². The summed E-state index contributed by atoms with van der Waals surface area (Å²) in [7, 11) is 1.55. The summed E-state index contributed by atoms with van der Waals surface area (Å²) in [6.07, 6.45) is 0.944. The second kappa shape index (κ2) is 3.85. The van der Waals surface area contributed by atoms with E-state index in [4.69, 9.17) is 15.7 Å². The highest BCUT2D eigenvalue weighted by Crippen LogP contribution is 2.25. The van der Waals surface area contributed by atoms with Crippen LogP contribution in [0.1, 0.15) is 19.0 Å². The molecule has 0 aromatic carbocycles. The molecule has 0 amide bonds. The lowest BCUT2D eigenvalue weighted by Gasteiger charge is -2.07. The normalized spacial score (nSPS) is 9.62. The zero-order valence-electron chi connectivity index (χ0n) is 7.87. The number of hydrogen-bond acceptors (Lipinski definition) is 3. The molecular formula is C9H13N3O. The van der Waals surface area contributed by atoms with E-state index in [9.17, 15) is 0 Å². The Labute approximate surface area is 77.5 Å². The van der Waals surface area contributed by atoms with Crippen molar-refractivity contribution in [1.82, 2.24) is 4.57 Å². The van der Waals surface area contributed by atoms with Crippen molar-refractivity contribution in [3.8, 4) is 11.9 Å². The molecule has 0 spiro atoms. The fourth-order valence-electron chi connectivity index (χ4n) is 1.32. The van der Waals surface area contributed by atoms with Crippen LogP contribution in [-0.4, -0.2) is 11.7 Å². The van der Waals surface area contributed by atoms with Crippen molar-refractivity contribution in [2.75, 3.05) is 12.8 Å². The van der Waals surface area contributed by atoms with Gasteiger partial charge in [-0.15, -0.1) is 0 Å². The molecule has 0 atom stereocenters. The summed E-state index contributed by atoms with van der Waals surface area (Å²) in [4.78, 5) is 0. The molecule has 70 valence electrons. The van der Waals surface area contributed by atoms with Crippen LogP contribution in [0.2, 0.25) is 0 Å². The van der Waals surface area contributed by atoms with Crippen LogP contribution in [0.3, 0.4) is 0 Å². The Balaban J connectivity index is 3.17. The van der Waals surface area contributed by atoms with Gasteiger partial charge >= 0.3 is 0 Å². The van der Waals surface area contributed by atoms with Gasteiger partial charge in [0.1, 0.15) is 11.8 Å². The number of aromatic nitrogens is 1. The van der Waals surface area contributed by atoms with E-state index >= 15 is 0 Å². The highest BCUT2D eigenvalue weighted by Gasteiger charge is 2.11. The van der Waals surface area contributed by atoms with Crippen LogP contribution in [-0.2, 0) is 6.54 Å². The molecule has 0 aliphatic heterocycles. The quantitative estimate of drug-likeness (QED) is 0.762. The summed E-state index contributed by atoms with van der Waals surface area (Å²) >= 11 is 0. The van der Waals surface area contributed by atoms with Gasteiger partial charge in [-0.25, -0.2) is 0 Å². The smallest absolute Gasteiger partial charge is 0.218 e. The lowest BCUT2D eigenvalue weighted by Crippen LogP contribution is -2.03. The second-order valence-electron chi connectivity index (χ2n) is 2.76. The molecule has 4 heteroatoms. The van der Waals surface area contributed by atoms with Crippen molar-refractivity contribution in [3.63, 3.8) is 0 Å². The highest BCUT2D eigenvalue weighted by atomic mass is 16.5. The third-order valence-corrected chi connectivity index (χ3v) is 1.83. The fraction of sp³-hybridized carbons (Fsp3) is 0.444. The molecule has 0 unspecified atom stereocenters. The van der Waals surface area contributed by atoms with Gasteiger partial charge in [0.05, 0.1) is 12.8 Å². The first-order valence-corrected chi connectivity index (χ1v) is 4.17. The molecule has 1 aromatic rings. The number of rotatable bonds is 3. The average molecular weight is 179 g/mol. The van der Waals surface area contributed by atoms with Gasteiger partial charge in [0, 0.05) is 12.6 Å². The third-order valence-electron chi connectivity index (χ3n) is 1.83. The monoisotopic (exact) mass is 179 g/mol. The SMILES string of the molecule is CCCn1c(C#N)cc(N)c1OC. The predicted molar refractivity (Wildman–Crippen MR) is 50.4 cm³/mol. The molecule has 0 saturated carbocycles. The summed E-state index contributed by atoms with van der Waals surface area (Å²) < 4.78 is 6.89. The molecule has 0 fully saturated rings. The van der Waals surface area contributed by atoms with Crippen LogP contribution in [0.15, 0.2) is 6.07 Å². The fourth-order valence-corrected chi connectivity index (χ4v) is 1.32. The molecule has 0 aliphatic carbocycles. The van der Waals surface area contributed by atoms with E-state index in [0.717, 1.165) is 13.0 Å². The van der Waals surface area contributed by atoms with Gasteiger partial charge in [-0.05, 0) is 6.42 Å². The van der Waals surface area contributed by atoms with Crippen molar-refractivity contribution in [1.29, 1.82) is 5.26 Å². The Hall–Kier alpha value is -1.63. The summed E-state index contributed by atoms with van der Waals surface area (Å²) in [5.41, 5.74) is 6.73. The Morgan fingerprint density at radius 2 is 2.38 bits per heavy atom. The average Bonchev–Trinajstić information content (AvgIpc) is 2.43. The summed E-state index contributed by atoms with van der Waals surface area (Å²) in [5.74, 6) is 0.582. The van der Waals surface area contributed by atoms with Crippen LogP contribution in [0.5, 0.6) is 5.88 Å². The molecule has 1 heterocycles. The summed E-state index contributed by atoms with van der Waals surface area (Å²) in [6.45, 7) is 2.79. The topological polar surface area (TPSA) is 64.0 Å². The number of hydrogen-bond donors (Lipinski definition) is 1. The minimum atomic E-state index is 0.521. The van der Waals surface area contributed by atoms with E-state index in [2.05, 4.69) is 6.07 Å². The standard InChI is InChI=1S/C9H13N3O/c1-3-4-12-7(6-10)5-8(11)9(12)13-2/h5H,3-4,11H2,1-2H3. The maximum Gasteiger partial charge on any atom is 0.218 e. The molecular weight excluding hydrogens is 166 g/mol. The minimum absolute atomic E-state index is 0.521. The predicted octanol–water partition coefficient (Wildman–Crippen LogP) is 1.36. The zero-order valence-corrected chi connectivity index (χ0v) is 7.87. The van der Waals surface area contributed by atoms with Crippen molar-refractivity contribution >= 4 is 5.69 Å². The van der Waals surface area contributed by atoms with Crippen LogP contribution in [0, 0.1) is 11.3 Å². The van der Waals surface area contributed by atoms with Crippen molar-refractivity contribution in [2.24, 2.45) is 0 Å². The van der Waals surface area contributed by atoms with Gasteiger partial charge in [-0.1, -0.05) is 6.92 Å². The van der Waals surface area contributed by atoms with Crippen molar-refractivity contribution in [3.05, 3.63) is 11.8 Å². The number of ether oxygens (including phenoxy) is 1. The van der Waals surface area contributed by atoms with Crippen LogP contribution >= 0.6 is 0 Å². The zero-order chi connectivity index (χ0) is 9.84. The third kappa shape index (κ3) is 1.59. The molecule has 1 rings (SSSR count). The van der Waals surface area contributed by atoms with Crippen LogP contribution < -0.4 is 10.5 Å². The highest BCUT2D eigenvalue weighted by molar-refractivity contribution is 5.55. The van der Waals surface area contributed by atoms with Gasteiger partial charge < -0.3 is 15.0 Å². The van der Waals surface area contributed by atoms with Crippen LogP contribution in [0.4, 0.5) is 5.69 Å². The Kier molecular flexibility index (Phi) is 2.80. The molecule has 0 aliphatic rings. The second-order valence-corrected chi connectivity index (χ2v) is 2.76. The van der Waals surface area contributed by atoms with E-state index in [1.807, 2.05) is 6.92 Å². The number of nitrogens with two attached hydrogens (primary N) is 1. The van der Waals surface area contributed by atoms with E-state index in [-0.39, 0.29) is 0 Å².